The van der Waals surface area contributed by atoms with Gasteiger partial charge in [0.25, 0.3) is 0 Å². The fraction of sp³-hybridized carbons (Fsp3) is 0.462. The SMILES string of the molecule is CCC(C)NCc1cn2ccc(C)cc2n1. The molecule has 2 aromatic rings. The maximum absolute atomic E-state index is 4.58. The van der Waals surface area contributed by atoms with Crippen LogP contribution in [0.5, 0.6) is 0 Å². The molecule has 3 nitrogen and oxygen atoms in total. The Balaban J connectivity index is 2.13. The molecule has 0 saturated heterocycles. The van der Waals surface area contributed by atoms with Crippen molar-refractivity contribution in [2.24, 2.45) is 0 Å². The van der Waals surface area contributed by atoms with Crippen molar-refractivity contribution in [3.8, 4) is 0 Å². The number of aryl methyl sites for hydroxylation is 1. The van der Waals surface area contributed by atoms with Crippen LogP contribution in [0, 0.1) is 6.92 Å². The summed E-state index contributed by atoms with van der Waals surface area (Å²) in [5.41, 5.74) is 3.38. The van der Waals surface area contributed by atoms with E-state index in [4.69, 9.17) is 0 Å². The lowest BCUT2D eigenvalue weighted by atomic mass is 10.2. The Morgan fingerprint density at radius 2 is 2.31 bits per heavy atom. The standard InChI is InChI=1S/C13H19N3/c1-4-11(3)14-8-12-9-16-6-5-10(2)7-13(16)15-12/h5-7,9,11,14H,4,8H2,1-3H3. The van der Waals surface area contributed by atoms with Crippen LogP contribution in [-0.4, -0.2) is 15.4 Å². The highest BCUT2D eigenvalue weighted by Crippen LogP contribution is 2.07. The summed E-state index contributed by atoms with van der Waals surface area (Å²) in [6.07, 6.45) is 5.29. The van der Waals surface area contributed by atoms with Gasteiger partial charge in [-0.05, 0) is 38.0 Å². The van der Waals surface area contributed by atoms with E-state index in [1.165, 1.54) is 5.56 Å². The summed E-state index contributed by atoms with van der Waals surface area (Å²) in [4.78, 5) is 4.58. The molecule has 0 aliphatic carbocycles. The predicted molar refractivity (Wildman–Crippen MR) is 66.5 cm³/mol. The van der Waals surface area contributed by atoms with Crippen molar-refractivity contribution in [1.29, 1.82) is 0 Å². The van der Waals surface area contributed by atoms with Crippen molar-refractivity contribution in [3.05, 3.63) is 35.8 Å². The zero-order chi connectivity index (χ0) is 11.5. The Morgan fingerprint density at radius 1 is 1.50 bits per heavy atom. The van der Waals surface area contributed by atoms with Crippen LogP contribution in [-0.2, 0) is 6.54 Å². The van der Waals surface area contributed by atoms with Crippen molar-refractivity contribution in [2.45, 2.75) is 39.8 Å². The summed E-state index contributed by atoms with van der Waals surface area (Å²) in [5.74, 6) is 0. The Bertz CT molecular complexity index is 473. The summed E-state index contributed by atoms with van der Waals surface area (Å²) < 4.78 is 2.07. The van der Waals surface area contributed by atoms with E-state index < -0.39 is 0 Å². The van der Waals surface area contributed by atoms with Crippen molar-refractivity contribution in [1.82, 2.24) is 14.7 Å². The molecule has 86 valence electrons. The van der Waals surface area contributed by atoms with E-state index >= 15 is 0 Å². The van der Waals surface area contributed by atoms with Gasteiger partial charge in [0, 0.05) is 25.0 Å². The zero-order valence-electron chi connectivity index (χ0n) is 10.2. The average molecular weight is 217 g/mol. The number of hydrogen-bond donors (Lipinski definition) is 1. The van der Waals surface area contributed by atoms with E-state index in [2.05, 4.69) is 60.0 Å². The highest BCUT2D eigenvalue weighted by atomic mass is 15.0. The fourth-order valence-electron chi connectivity index (χ4n) is 1.64. The van der Waals surface area contributed by atoms with E-state index in [1.807, 2.05) is 0 Å². The molecule has 0 saturated carbocycles. The quantitative estimate of drug-likeness (QED) is 0.852. The van der Waals surface area contributed by atoms with Gasteiger partial charge in [0.1, 0.15) is 5.65 Å². The molecule has 2 aromatic heterocycles. The minimum absolute atomic E-state index is 0.548. The molecular formula is C13H19N3. The summed E-state index contributed by atoms with van der Waals surface area (Å²) >= 11 is 0. The average Bonchev–Trinajstić information content (AvgIpc) is 2.67. The molecule has 0 radical (unpaired) electrons. The highest BCUT2D eigenvalue weighted by Gasteiger charge is 2.03. The fourth-order valence-corrected chi connectivity index (χ4v) is 1.64. The lowest BCUT2D eigenvalue weighted by Gasteiger charge is -2.08. The molecule has 3 heteroatoms. The smallest absolute Gasteiger partial charge is 0.137 e. The minimum Gasteiger partial charge on any atom is -0.309 e. The van der Waals surface area contributed by atoms with Gasteiger partial charge in [0.05, 0.1) is 5.69 Å². The lowest BCUT2D eigenvalue weighted by Crippen LogP contribution is -2.24. The number of nitrogens with zero attached hydrogens (tertiary/aromatic N) is 2. The molecule has 0 aromatic carbocycles. The molecular weight excluding hydrogens is 198 g/mol. The van der Waals surface area contributed by atoms with E-state index in [-0.39, 0.29) is 0 Å². The first-order valence-electron chi connectivity index (χ1n) is 5.86. The predicted octanol–water partition coefficient (Wildman–Crippen LogP) is 2.53. The van der Waals surface area contributed by atoms with Gasteiger partial charge in [-0.15, -0.1) is 0 Å². The molecule has 0 bridgehead atoms. The Morgan fingerprint density at radius 3 is 3.06 bits per heavy atom. The first-order valence-corrected chi connectivity index (χ1v) is 5.86. The Labute approximate surface area is 96.5 Å². The first-order chi connectivity index (χ1) is 7.69. The van der Waals surface area contributed by atoms with Gasteiger partial charge in [0.15, 0.2) is 0 Å². The second-order valence-corrected chi connectivity index (χ2v) is 4.39. The molecule has 2 rings (SSSR count). The number of fused-ring (bicyclic) bond motifs is 1. The third-order valence-electron chi connectivity index (χ3n) is 2.91. The number of imidazole rings is 1. The van der Waals surface area contributed by atoms with E-state index in [9.17, 15) is 0 Å². The van der Waals surface area contributed by atoms with Gasteiger partial charge in [0.2, 0.25) is 0 Å². The molecule has 1 N–H and O–H groups in total. The van der Waals surface area contributed by atoms with Crippen molar-refractivity contribution in [3.63, 3.8) is 0 Å². The van der Waals surface area contributed by atoms with E-state index in [0.717, 1.165) is 24.3 Å². The second-order valence-electron chi connectivity index (χ2n) is 4.39. The van der Waals surface area contributed by atoms with Crippen LogP contribution in [0.15, 0.2) is 24.5 Å². The minimum atomic E-state index is 0.548. The maximum atomic E-state index is 4.58. The van der Waals surface area contributed by atoms with Crippen LogP contribution in [0.2, 0.25) is 0 Å². The molecule has 0 amide bonds. The molecule has 0 aliphatic heterocycles. The topological polar surface area (TPSA) is 29.3 Å². The number of nitrogens with one attached hydrogen (secondary N) is 1. The van der Waals surface area contributed by atoms with Gasteiger partial charge >= 0.3 is 0 Å². The summed E-state index contributed by atoms with van der Waals surface area (Å²) in [6.45, 7) is 7.31. The van der Waals surface area contributed by atoms with Crippen molar-refractivity contribution >= 4 is 5.65 Å². The second kappa shape index (κ2) is 4.66. The molecule has 0 spiro atoms. The van der Waals surface area contributed by atoms with Crippen LogP contribution >= 0.6 is 0 Å². The number of pyridine rings is 1. The van der Waals surface area contributed by atoms with Gasteiger partial charge in [-0.1, -0.05) is 6.92 Å². The monoisotopic (exact) mass is 217 g/mol. The summed E-state index contributed by atoms with van der Waals surface area (Å²) in [5, 5.41) is 3.45. The summed E-state index contributed by atoms with van der Waals surface area (Å²) in [6, 6.07) is 4.75. The van der Waals surface area contributed by atoms with Crippen molar-refractivity contribution in [2.75, 3.05) is 0 Å². The zero-order valence-corrected chi connectivity index (χ0v) is 10.2. The molecule has 1 atom stereocenters. The van der Waals surface area contributed by atoms with Crippen LogP contribution in [0.3, 0.4) is 0 Å². The molecule has 0 fully saturated rings. The third-order valence-corrected chi connectivity index (χ3v) is 2.91. The highest BCUT2D eigenvalue weighted by molar-refractivity contribution is 5.42. The molecule has 0 aliphatic rings. The number of aromatic nitrogens is 2. The lowest BCUT2D eigenvalue weighted by molar-refractivity contribution is 0.530. The number of hydrogen-bond acceptors (Lipinski definition) is 2. The normalized spacial score (nSPS) is 13.2. The summed E-state index contributed by atoms with van der Waals surface area (Å²) in [7, 11) is 0. The van der Waals surface area contributed by atoms with Crippen LogP contribution < -0.4 is 5.32 Å². The molecule has 1 unspecified atom stereocenters. The van der Waals surface area contributed by atoms with Gasteiger partial charge in [-0.2, -0.15) is 0 Å². The van der Waals surface area contributed by atoms with E-state index in [1.54, 1.807) is 0 Å². The van der Waals surface area contributed by atoms with Crippen LogP contribution in [0.1, 0.15) is 31.5 Å². The largest absolute Gasteiger partial charge is 0.309 e. The van der Waals surface area contributed by atoms with Crippen LogP contribution in [0.25, 0.3) is 5.65 Å². The van der Waals surface area contributed by atoms with Gasteiger partial charge in [-0.25, -0.2) is 4.98 Å². The van der Waals surface area contributed by atoms with E-state index in [0.29, 0.717) is 6.04 Å². The van der Waals surface area contributed by atoms with Gasteiger partial charge in [-0.3, -0.25) is 0 Å². The van der Waals surface area contributed by atoms with Gasteiger partial charge < -0.3 is 9.72 Å². The third kappa shape index (κ3) is 2.42. The maximum Gasteiger partial charge on any atom is 0.137 e. The van der Waals surface area contributed by atoms with Crippen LogP contribution in [0.4, 0.5) is 0 Å². The van der Waals surface area contributed by atoms with Crippen molar-refractivity contribution < 1.29 is 0 Å². The molecule has 2 heterocycles. The molecule has 16 heavy (non-hydrogen) atoms. The first kappa shape index (κ1) is 11.1. The Hall–Kier alpha value is -1.35. The number of rotatable bonds is 4. The Kier molecular flexibility index (Phi) is 3.25.